The van der Waals surface area contributed by atoms with E-state index in [1.165, 1.54) is 0 Å². The van der Waals surface area contributed by atoms with E-state index in [-0.39, 0.29) is 11.3 Å². The van der Waals surface area contributed by atoms with Crippen LogP contribution in [-0.2, 0) is 10.0 Å². The maximum atomic E-state index is 12.1. The lowest BCUT2D eigenvalue weighted by Gasteiger charge is -2.41. The van der Waals surface area contributed by atoms with Gasteiger partial charge in [-0.1, -0.05) is 6.92 Å². The molecule has 0 heterocycles. The molecule has 1 saturated carbocycles. The van der Waals surface area contributed by atoms with E-state index in [1.807, 2.05) is 31.2 Å². The molecule has 6 heteroatoms. The van der Waals surface area contributed by atoms with Gasteiger partial charge in [-0.2, -0.15) is 0 Å². The van der Waals surface area contributed by atoms with Crippen molar-refractivity contribution in [3.63, 3.8) is 0 Å². The summed E-state index contributed by atoms with van der Waals surface area (Å²) in [7, 11) is -3.19. The Labute approximate surface area is 125 Å². The molecular formula is C14H22N2O2S2. The minimum absolute atomic E-state index is 0.157. The van der Waals surface area contributed by atoms with Crippen LogP contribution in [0.1, 0.15) is 32.6 Å². The van der Waals surface area contributed by atoms with Crippen LogP contribution in [-0.4, -0.2) is 25.5 Å². The van der Waals surface area contributed by atoms with Gasteiger partial charge in [-0.25, -0.2) is 13.1 Å². The van der Waals surface area contributed by atoms with Crippen molar-refractivity contribution in [2.24, 2.45) is 0 Å². The number of nitrogens with one attached hydrogen (secondary N) is 1. The number of anilines is 1. The molecule has 4 nitrogen and oxygen atoms in total. The molecule has 0 atom stereocenters. The zero-order valence-corrected chi connectivity index (χ0v) is 13.4. The van der Waals surface area contributed by atoms with Crippen molar-refractivity contribution in [1.29, 1.82) is 0 Å². The van der Waals surface area contributed by atoms with Crippen LogP contribution in [0.3, 0.4) is 0 Å². The molecule has 1 aliphatic rings. The summed E-state index contributed by atoms with van der Waals surface area (Å²) < 4.78 is 27.1. The first-order valence-electron chi connectivity index (χ1n) is 6.95. The predicted molar refractivity (Wildman–Crippen MR) is 85.4 cm³/mol. The van der Waals surface area contributed by atoms with Gasteiger partial charge in [0.05, 0.1) is 5.75 Å². The van der Waals surface area contributed by atoms with Crippen molar-refractivity contribution in [1.82, 2.24) is 4.72 Å². The van der Waals surface area contributed by atoms with Gasteiger partial charge in [0.2, 0.25) is 10.0 Å². The average Bonchev–Trinajstić information content (AvgIpc) is 2.36. The second kappa shape index (κ2) is 6.37. The summed E-state index contributed by atoms with van der Waals surface area (Å²) in [6.45, 7) is 2.05. The Hall–Kier alpha value is -0.720. The van der Waals surface area contributed by atoms with Gasteiger partial charge >= 0.3 is 0 Å². The molecule has 2 rings (SSSR count). The first kappa shape index (κ1) is 15.7. The maximum Gasteiger partial charge on any atom is 0.212 e. The average molecular weight is 314 g/mol. The van der Waals surface area contributed by atoms with Crippen molar-refractivity contribution >= 4 is 27.5 Å². The van der Waals surface area contributed by atoms with Gasteiger partial charge in [0.15, 0.2) is 0 Å². The summed E-state index contributed by atoms with van der Waals surface area (Å²) in [4.78, 5) is 1.04. The van der Waals surface area contributed by atoms with Crippen LogP contribution in [0, 0.1) is 0 Å². The Morgan fingerprint density at radius 1 is 1.30 bits per heavy atom. The third-order valence-electron chi connectivity index (χ3n) is 3.86. The molecule has 1 fully saturated rings. The highest BCUT2D eigenvalue weighted by Gasteiger charge is 2.38. The van der Waals surface area contributed by atoms with E-state index in [2.05, 4.69) is 4.72 Å². The Kier molecular flexibility index (Phi) is 4.99. The number of hydrogen-bond donors (Lipinski definition) is 2. The van der Waals surface area contributed by atoms with Gasteiger partial charge < -0.3 is 5.73 Å². The standard InChI is InChI=1S/C14H22N2O2S2/c1-2-14(8-3-9-14)16-20(17,18)11-10-19-13-6-4-12(15)5-7-13/h4-7,16H,2-3,8-11,15H2,1H3. The quantitative estimate of drug-likeness (QED) is 0.599. The van der Waals surface area contributed by atoms with E-state index in [0.29, 0.717) is 5.75 Å². The van der Waals surface area contributed by atoms with Crippen molar-refractivity contribution in [2.75, 3.05) is 17.2 Å². The highest BCUT2D eigenvalue weighted by atomic mass is 32.2. The van der Waals surface area contributed by atoms with Gasteiger partial charge in [-0.3, -0.25) is 0 Å². The highest BCUT2D eigenvalue weighted by Crippen LogP contribution is 2.35. The van der Waals surface area contributed by atoms with Crippen LogP contribution >= 0.6 is 11.8 Å². The lowest BCUT2D eigenvalue weighted by atomic mass is 9.76. The van der Waals surface area contributed by atoms with Gasteiger partial charge in [0.25, 0.3) is 0 Å². The molecule has 0 bridgehead atoms. The monoisotopic (exact) mass is 314 g/mol. The third kappa shape index (κ3) is 4.14. The molecule has 1 aromatic carbocycles. The molecule has 0 unspecified atom stereocenters. The summed E-state index contributed by atoms with van der Waals surface area (Å²) in [6.07, 6.45) is 3.93. The molecule has 1 aliphatic carbocycles. The molecule has 0 aromatic heterocycles. The molecule has 1 aromatic rings. The fourth-order valence-corrected chi connectivity index (χ4v) is 5.23. The Morgan fingerprint density at radius 3 is 2.45 bits per heavy atom. The summed E-state index contributed by atoms with van der Waals surface area (Å²) in [6, 6.07) is 7.49. The summed E-state index contributed by atoms with van der Waals surface area (Å²) in [5, 5.41) is 0. The number of rotatable bonds is 7. The normalized spacial score (nSPS) is 17.6. The topological polar surface area (TPSA) is 72.2 Å². The Bertz CT molecular complexity index is 531. The molecule has 0 amide bonds. The van der Waals surface area contributed by atoms with Crippen LogP contribution in [0.25, 0.3) is 0 Å². The minimum Gasteiger partial charge on any atom is -0.399 e. The number of hydrogen-bond acceptors (Lipinski definition) is 4. The van der Waals surface area contributed by atoms with E-state index in [4.69, 9.17) is 5.73 Å². The molecule has 20 heavy (non-hydrogen) atoms. The zero-order valence-electron chi connectivity index (χ0n) is 11.8. The van der Waals surface area contributed by atoms with Gasteiger partial charge in [-0.15, -0.1) is 11.8 Å². The van der Waals surface area contributed by atoms with E-state index >= 15 is 0 Å². The van der Waals surface area contributed by atoms with Crippen LogP contribution in [0.15, 0.2) is 29.2 Å². The van der Waals surface area contributed by atoms with Crippen LogP contribution in [0.5, 0.6) is 0 Å². The van der Waals surface area contributed by atoms with E-state index in [1.54, 1.807) is 11.8 Å². The molecular weight excluding hydrogens is 292 g/mol. The Morgan fingerprint density at radius 2 is 1.95 bits per heavy atom. The summed E-state index contributed by atoms with van der Waals surface area (Å²) in [5.74, 6) is 0.711. The SMILES string of the molecule is CCC1(NS(=O)(=O)CCSc2ccc(N)cc2)CCC1. The molecule has 0 saturated heterocycles. The molecule has 112 valence electrons. The first-order valence-corrected chi connectivity index (χ1v) is 9.58. The largest absolute Gasteiger partial charge is 0.399 e. The molecule has 0 spiro atoms. The summed E-state index contributed by atoms with van der Waals surface area (Å²) >= 11 is 1.54. The van der Waals surface area contributed by atoms with Crippen LogP contribution < -0.4 is 10.5 Å². The lowest BCUT2D eigenvalue weighted by molar-refractivity contribution is 0.214. The predicted octanol–water partition coefficient (Wildman–Crippen LogP) is 2.61. The fraction of sp³-hybridized carbons (Fsp3) is 0.571. The zero-order chi connectivity index (χ0) is 14.6. The second-order valence-electron chi connectivity index (χ2n) is 5.33. The molecule has 3 N–H and O–H groups in total. The van der Waals surface area contributed by atoms with Gasteiger partial charge in [0, 0.05) is 21.9 Å². The fourth-order valence-electron chi connectivity index (χ4n) is 2.35. The van der Waals surface area contributed by atoms with Crippen molar-refractivity contribution < 1.29 is 8.42 Å². The summed E-state index contributed by atoms with van der Waals surface area (Å²) in [5.41, 5.74) is 6.17. The lowest BCUT2D eigenvalue weighted by Crippen LogP contribution is -2.53. The Balaban J connectivity index is 1.82. The third-order valence-corrected chi connectivity index (χ3v) is 6.62. The smallest absolute Gasteiger partial charge is 0.212 e. The maximum absolute atomic E-state index is 12.1. The van der Waals surface area contributed by atoms with Crippen molar-refractivity contribution in [3.05, 3.63) is 24.3 Å². The van der Waals surface area contributed by atoms with E-state index < -0.39 is 10.0 Å². The molecule has 0 aliphatic heterocycles. The van der Waals surface area contributed by atoms with E-state index in [9.17, 15) is 8.42 Å². The molecule has 0 radical (unpaired) electrons. The van der Waals surface area contributed by atoms with Crippen molar-refractivity contribution in [2.45, 2.75) is 43.0 Å². The van der Waals surface area contributed by atoms with Gasteiger partial charge in [-0.05, 0) is 49.9 Å². The number of sulfonamides is 1. The number of nitrogens with two attached hydrogens (primary N) is 1. The second-order valence-corrected chi connectivity index (χ2v) is 8.34. The number of nitrogen functional groups attached to an aromatic ring is 1. The first-order chi connectivity index (χ1) is 9.45. The minimum atomic E-state index is -3.19. The van der Waals surface area contributed by atoms with Crippen molar-refractivity contribution in [3.8, 4) is 0 Å². The van der Waals surface area contributed by atoms with Crippen LogP contribution in [0.2, 0.25) is 0 Å². The highest BCUT2D eigenvalue weighted by molar-refractivity contribution is 8.00. The van der Waals surface area contributed by atoms with Crippen LogP contribution in [0.4, 0.5) is 5.69 Å². The number of thioether (sulfide) groups is 1. The van der Waals surface area contributed by atoms with Gasteiger partial charge in [0.1, 0.15) is 0 Å². The van der Waals surface area contributed by atoms with E-state index in [0.717, 1.165) is 36.3 Å². The number of benzene rings is 1.